The molecule has 0 N–H and O–H groups in total. The number of aryl methyl sites for hydroxylation is 8. The minimum atomic E-state index is -10.7. The zero-order chi connectivity index (χ0) is 57.5. The molecule has 36 heteroatoms. The molecular weight excluding hydrogens is 1170 g/mol. The van der Waals surface area contributed by atoms with E-state index in [0.717, 1.165) is 78.0 Å². The van der Waals surface area contributed by atoms with Crippen molar-refractivity contribution in [2.75, 3.05) is 0 Å². The molecule has 1 aliphatic heterocycles. The van der Waals surface area contributed by atoms with Crippen LogP contribution in [0.4, 0.5) is 101 Å². The molecule has 4 aromatic carbocycles. The predicted octanol–water partition coefficient (Wildman–Crippen LogP) is 18.9. The Labute approximate surface area is 412 Å². The summed E-state index contributed by atoms with van der Waals surface area (Å²) >= 11 is 0. The van der Waals surface area contributed by atoms with E-state index in [1.165, 1.54) is 44.1 Å². The number of fused-ring (bicyclic) bond motifs is 20. The number of benzene rings is 4. The Balaban J connectivity index is 0.000000313. The van der Waals surface area contributed by atoms with Gasteiger partial charge in [-0.1, -0.05) is 48.5 Å². The molecule has 8 bridgehead atoms. The molecule has 4 aromatic heterocycles. The van der Waals surface area contributed by atoms with Crippen LogP contribution in [0.2, 0.25) is 0 Å². The molecule has 5 heterocycles. The third-order valence-electron chi connectivity index (χ3n) is 10.3. The third-order valence-corrected chi connectivity index (χ3v) is 10.3. The number of hydrogen-bond acceptors (Lipinski definition) is 0. The summed E-state index contributed by atoms with van der Waals surface area (Å²) in [5.74, 6) is 0. The van der Waals surface area contributed by atoms with E-state index in [4.69, 9.17) is 0 Å². The van der Waals surface area contributed by atoms with Gasteiger partial charge < -0.3 is 0 Å². The summed E-state index contributed by atoms with van der Waals surface area (Å²) in [5, 5.41) is 0. The van der Waals surface area contributed by atoms with E-state index in [-0.39, 0.29) is 0 Å². The molecule has 76 heavy (non-hydrogen) atoms. The average molecular weight is 1220 g/mol. The first-order valence-corrected chi connectivity index (χ1v) is 29.9. The van der Waals surface area contributed by atoms with E-state index in [2.05, 4.69) is 159 Å². The van der Waals surface area contributed by atoms with Crippen LogP contribution in [-0.2, 0) is 52.4 Å². The van der Waals surface area contributed by atoms with Gasteiger partial charge in [-0.25, -0.2) is 36.5 Å². The fourth-order valence-corrected chi connectivity index (χ4v) is 8.04. The number of nitrogens with zero attached hydrogens (tertiary/aromatic N) is 8. The Morgan fingerprint density at radius 3 is 0.632 bits per heavy atom. The van der Waals surface area contributed by atoms with Crippen molar-refractivity contribution in [2.24, 2.45) is 0 Å². The van der Waals surface area contributed by atoms with Crippen molar-refractivity contribution in [2.45, 2.75) is 78.0 Å². The molecule has 8 nitrogen and oxygen atoms in total. The second-order valence-corrected chi connectivity index (χ2v) is 24.9. The Hall–Kier alpha value is -5.20. The van der Waals surface area contributed by atoms with Crippen LogP contribution in [0.5, 0.6) is 0 Å². The number of imidazole rings is 4. The molecule has 0 aliphatic carbocycles. The zero-order valence-electron chi connectivity index (χ0n) is 38.5. The molecule has 0 saturated heterocycles. The second-order valence-electron chi connectivity index (χ2n) is 17.2. The molecule has 0 amide bonds. The molecule has 1 aliphatic rings. The van der Waals surface area contributed by atoms with Gasteiger partial charge in [0.25, 0.3) is 0 Å². The summed E-state index contributed by atoms with van der Waals surface area (Å²) in [6.45, 7) is 7.91. The largest absolute Gasteiger partial charge is 0.244 e. The Bertz CT molecular complexity index is 2720. The molecule has 9 rings (SSSR count). The van der Waals surface area contributed by atoms with Gasteiger partial charge in [-0.2, -0.15) is 0 Å². The first-order chi connectivity index (χ1) is 33.6. The topological polar surface area (TPSA) is 35.2 Å². The van der Waals surface area contributed by atoms with E-state index >= 15 is 0 Å². The molecular formula is C40H44F24N8P4. The third kappa shape index (κ3) is 25.8. The van der Waals surface area contributed by atoms with Gasteiger partial charge >= 0.3 is 132 Å². The SMILES string of the molecule is F[P-](F)(F)(F)(F)F.F[P-](F)(F)(F)(F)F.F[P-](F)(F)(F)(F)F.F[P-](F)(F)(F)(F)F.c1ccc2c(c1)n1c[n+]2CCCn2c[n+](c3ccccc32)CCC[n+]2cn(c3ccccc32)CCC[n+]2cn(c3ccccc32)CCC1. The summed E-state index contributed by atoms with van der Waals surface area (Å²) in [7, 11) is -42.6. The monoisotopic (exact) mass is 1220 g/mol. The molecule has 0 radical (unpaired) electrons. The van der Waals surface area contributed by atoms with Crippen molar-refractivity contribution in [1.82, 2.24) is 18.3 Å². The molecule has 0 fully saturated rings. The van der Waals surface area contributed by atoms with Gasteiger partial charge in [0.15, 0.2) is 44.1 Å². The molecule has 8 aromatic rings. The minimum Gasteiger partial charge on any atom is -0.230 e. The maximum absolute atomic E-state index is 10.7. The van der Waals surface area contributed by atoms with Crippen molar-refractivity contribution in [3.63, 3.8) is 0 Å². The molecule has 0 spiro atoms. The van der Waals surface area contributed by atoms with E-state index < -0.39 is 31.2 Å². The zero-order valence-corrected chi connectivity index (χ0v) is 42.0. The molecule has 0 atom stereocenters. The van der Waals surface area contributed by atoms with Crippen LogP contribution in [0.25, 0.3) is 44.1 Å². The van der Waals surface area contributed by atoms with Gasteiger partial charge in [0.05, 0.1) is 52.4 Å². The van der Waals surface area contributed by atoms with Crippen molar-refractivity contribution in [1.29, 1.82) is 0 Å². The van der Waals surface area contributed by atoms with Crippen LogP contribution in [0.15, 0.2) is 122 Å². The van der Waals surface area contributed by atoms with Crippen LogP contribution in [0, 0.1) is 0 Å². The summed E-state index contributed by atoms with van der Waals surface area (Å²) in [4.78, 5) is 0. The fraction of sp³-hybridized carbons (Fsp3) is 0.300. The van der Waals surface area contributed by atoms with Crippen LogP contribution >= 0.6 is 31.2 Å². The van der Waals surface area contributed by atoms with E-state index in [9.17, 15) is 101 Å². The molecule has 432 valence electrons. The minimum absolute atomic E-state index is 0.989. The van der Waals surface area contributed by atoms with Gasteiger partial charge in [-0.15, -0.1) is 0 Å². The standard InChI is InChI=1S/C40H44N8.4F6P/c1-2-14-34-33(13-1)41-21-9-23-43-30-45(36-16-4-3-15-35(36)43)25-11-27-47-32-48(40-20-8-7-19-39(40)47)28-12-26-46-31-44(24-10-22-42(34)29-41)37-17-5-6-18-38(37)46;4*1-7(2,3,4,5)6/h1-8,13-20,29-32H,9-12,21-28H2;;;;/q+4;4*-1. The van der Waals surface area contributed by atoms with E-state index in [0.29, 0.717) is 0 Å². The number of halogens is 24. The first-order valence-electron chi connectivity index (χ1n) is 21.8. The maximum Gasteiger partial charge on any atom is 0.244 e. The van der Waals surface area contributed by atoms with Gasteiger partial charge in [0, 0.05) is 25.7 Å². The van der Waals surface area contributed by atoms with Crippen molar-refractivity contribution in [3.05, 3.63) is 122 Å². The van der Waals surface area contributed by atoms with Gasteiger partial charge in [-0.05, 0) is 48.5 Å². The number of rotatable bonds is 0. The second kappa shape index (κ2) is 18.2. The van der Waals surface area contributed by atoms with E-state index in [1.54, 1.807) is 0 Å². The number of para-hydroxylation sites is 8. The van der Waals surface area contributed by atoms with Crippen LogP contribution in [0.1, 0.15) is 25.7 Å². The van der Waals surface area contributed by atoms with Crippen molar-refractivity contribution < 1.29 is 119 Å². The van der Waals surface area contributed by atoms with Gasteiger partial charge in [-0.3, -0.25) is 0 Å². The fourth-order valence-electron chi connectivity index (χ4n) is 8.04. The maximum atomic E-state index is 9.87. The summed E-state index contributed by atoms with van der Waals surface area (Å²) in [6, 6.07) is 35.5. The normalized spacial score (nSPS) is 18.2. The van der Waals surface area contributed by atoms with Crippen LogP contribution in [0.3, 0.4) is 0 Å². The molecule has 0 saturated carbocycles. The summed E-state index contributed by atoms with van der Waals surface area (Å²) < 4.78 is 256. The summed E-state index contributed by atoms with van der Waals surface area (Å²) in [6.07, 6.45) is 13.7. The van der Waals surface area contributed by atoms with Gasteiger partial charge in [0.1, 0.15) is 0 Å². The van der Waals surface area contributed by atoms with Crippen molar-refractivity contribution in [3.8, 4) is 0 Å². The van der Waals surface area contributed by atoms with Gasteiger partial charge in [0.2, 0.25) is 25.3 Å². The summed E-state index contributed by atoms with van der Waals surface area (Å²) in [5.41, 5.74) is 10.5. The molecule has 0 unspecified atom stereocenters. The number of aromatic nitrogens is 8. The smallest absolute Gasteiger partial charge is 0.230 e. The predicted molar refractivity (Wildman–Crippen MR) is 241 cm³/mol. The van der Waals surface area contributed by atoms with E-state index in [1.807, 2.05) is 0 Å². The number of hydrogen-bond donors (Lipinski definition) is 0. The Kier molecular flexibility index (Phi) is 14.7. The van der Waals surface area contributed by atoms with Crippen molar-refractivity contribution >= 4 is 75.4 Å². The quantitative estimate of drug-likeness (QED) is 0.0824. The average Bonchev–Trinajstić information content (AvgIpc) is 3.95. The van der Waals surface area contributed by atoms with Crippen LogP contribution < -0.4 is 18.3 Å². The first kappa shape index (κ1) is 61.7. The van der Waals surface area contributed by atoms with Crippen LogP contribution in [-0.4, -0.2) is 18.3 Å². The Morgan fingerprint density at radius 1 is 0.250 bits per heavy atom. The Morgan fingerprint density at radius 2 is 0.421 bits per heavy atom.